The first kappa shape index (κ1) is 38.4. The number of nitrogens with one attached hydrogen (secondary N) is 1. The second kappa shape index (κ2) is 16.2. The average molecular weight is 822 g/mol. The summed E-state index contributed by atoms with van der Waals surface area (Å²) >= 11 is 20.4. The van der Waals surface area contributed by atoms with Crippen LogP contribution in [-0.4, -0.2) is 70.4 Å². The van der Waals surface area contributed by atoms with Crippen molar-refractivity contribution in [1.29, 1.82) is 0 Å². The molecule has 3 aromatic heterocycles. The molecule has 0 bridgehead atoms. The summed E-state index contributed by atoms with van der Waals surface area (Å²) in [4.78, 5) is 36.5. The molecular weight excluding hydrogens is 794 g/mol. The Morgan fingerprint density at radius 2 is 1.78 bits per heavy atom. The number of anilines is 1. The van der Waals surface area contributed by atoms with Gasteiger partial charge < -0.3 is 14.2 Å². The number of rotatable bonds is 9. The summed E-state index contributed by atoms with van der Waals surface area (Å²) in [7, 11) is -0.0732. The molecule has 1 aliphatic rings. The lowest BCUT2D eigenvalue weighted by Gasteiger charge is -2.15. The quantitative estimate of drug-likeness (QED) is 0.150. The Kier molecular flexibility index (Phi) is 12.2. The zero-order chi connectivity index (χ0) is 37.0. The van der Waals surface area contributed by atoms with E-state index in [4.69, 9.17) is 44.3 Å². The van der Waals surface area contributed by atoms with Gasteiger partial charge in [0.05, 0.1) is 53.9 Å². The lowest BCUT2D eigenvalue weighted by Crippen LogP contribution is -2.31. The third-order valence-corrected chi connectivity index (χ3v) is 11.3. The smallest absolute Gasteiger partial charge is 0.325 e. The van der Waals surface area contributed by atoms with Crippen molar-refractivity contribution in [2.75, 3.05) is 31.8 Å². The molecule has 0 unspecified atom stereocenters. The molecule has 5 aromatic rings. The number of carbonyl (C=O) groups is 1. The fourth-order valence-electron chi connectivity index (χ4n) is 4.53. The predicted molar refractivity (Wildman–Crippen MR) is 191 cm³/mol. The van der Waals surface area contributed by atoms with Gasteiger partial charge in [-0.2, -0.15) is 22.9 Å². The Labute approximate surface area is 313 Å². The molecule has 4 heterocycles. The van der Waals surface area contributed by atoms with Crippen molar-refractivity contribution >= 4 is 91.0 Å². The van der Waals surface area contributed by atoms with E-state index in [1.165, 1.54) is 39.5 Å². The molecule has 22 heteroatoms. The Morgan fingerprint density at radius 1 is 1.06 bits per heavy atom. The zero-order valence-corrected chi connectivity index (χ0v) is 31.9. The lowest BCUT2D eigenvalue weighted by atomic mass is 10.2. The number of fused-ring (bicyclic) bond motifs is 2. The first-order valence-corrected chi connectivity index (χ1v) is 19.1. The molecule has 0 saturated carbocycles. The largest absolute Gasteiger partial charge is 0.481 e. The maximum absolute atomic E-state index is 14.3. The number of esters is 1. The van der Waals surface area contributed by atoms with E-state index < -0.39 is 27.0 Å². The summed E-state index contributed by atoms with van der Waals surface area (Å²) < 4.78 is 61.2. The fourth-order valence-corrected chi connectivity index (χ4v) is 8.06. The normalized spacial score (nSPS) is 13.0. The number of thioether (sulfide) groups is 1. The number of aryl methyl sites for hydroxylation is 1. The van der Waals surface area contributed by atoms with Gasteiger partial charge in [0.1, 0.15) is 11.5 Å². The summed E-state index contributed by atoms with van der Waals surface area (Å²) in [6.07, 6.45) is 1.90. The highest BCUT2D eigenvalue weighted by Gasteiger charge is 2.25. The van der Waals surface area contributed by atoms with E-state index in [0.29, 0.717) is 28.3 Å². The van der Waals surface area contributed by atoms with Gasteiger partial charge in [0, 0.05) is 18.0 Å². The first-order valence-electron chi connectivity index (χ1n) is 14.6. The Bertz CT molecular complexity index is 2360. The summed E-state index contributed by atoms with van der Waals surface area (Å²) in [5.41, 5.74) is 0.786. The Morgan fingerprint density at radius 3 is 2.47 bits per heavy atom. The van der Waals surface area contributed by atoms with E-state index in [1.807, 2.05) is 0 Å². The highest BCUT2D eigenvalue weighted by atomic mass is 35.5. The summed E-state index contributed by atoms with van der Waals surface area (Å²) in [6, 6.07) is 7.30. The molecule has 272 valence electrons. The molecule has 6 rings (SSSR count). The topological polar surface area (TPSA) is 173 Å². The van der Waals surface area contributed by atoms with E-state index >= 15 is 0 Å². The molecule has 0 radical (unpaired) electrons. The molecule has 0 aliphatic carbocycles. The number of nitrogens with zero attached hydrogens (tertiary/aromatic N) is 7. The van der Waals surface area contributed by atoms with Crippen LogP contribution >= 0.6 is 57.9 Å². The van der Waals surface area contributed by atoms with Crippen molar-refractivity contribution < 1.29 is 31.8 Å². The van der Waals surface area contributed by atoms with E-state index in [2.05, 4.69) is 29.5 Å². The van der Waals surface area contributed by atoms with Crippen molar-refractivity contribution in [3.63, 3.8) is 0 Å². The molecule has 0 saturated heterocycles. The van der Waals surface area contributed by atoms with Crippen LogP contribution in [0, 0.1) is 12.7 Å². The van der Waals surface area contributed by atoms with Gasteiger partial charge in [0.2, 0.25) is 16.6 Å². The van der Waals surface area contributed by atoms with Crippen LogP contribution in [0.15, 0.2) is 50.2 Å². The minimum Gasteiger partial charge on any atom is -0.481 e. The molecule has 1 aliphatic heterocycles. The van der Waals surface area contributed by atoms with Gasteiger partial charge in [-0.25, -0.2) is 14.1 Å². The lowest BCUT2D eigenvalue weighted by molar-refractivity contribution is -0.137. The molecule has 2 aromatic carbocycles. The van der Waals surface area contributed by atoms with Gasteiger partial charge >= 0.3 is 10.8 Å². The second-order valence-corrected chi connectivity index (χ2v) is 15.1. The second-order valence-electron chi connectivity index (χ2n) is 10.4. The van der Waals surface area contributed by atoms with Gasteiger partial charge in [-0.05, 0) is 54.9 Å². The number of sulfonamides is 1. The number of hydrogen-bond donors (Lipinski definition) is 1. The van der Waals surface area contributed by atoms with Crippen LogP contribution in [-0.2, 0) is 32.6 Å². The molecule has 51 heavy (non-hydrogen) atoms. The Balaban J connectivity index is 0.000000198. The zero-order valence-electron chi connectivity index (χ0n) is 27.1. The van der Waals surface area contributed by atoms with Crippen LogP contribution in [0.5, 0.6) is 11.8 Å². The third-order valence-electron chi connectivity index (χ3n) is 7.10. The maximum atomic E-state index is 14.3. The monoisotopic (exact) mass is 820 g/mol. The molecule has 0 spiro atoms. The number of carbonyl (C=O) groups excluding carboxylic acids is 1. The van der Waals surface area contributed by atoms with Crippen LogP contribution in [0.4, 0.5) is 15.8 Å². The summed E-state index contributed by atoms with van der Waals surface area (Å²) in [5.74, 6) is -0.535. The molecule has 0 amide bonds. The average Bonchev–Trinajstić information content (AvgIpc) is 3.70. The number of benzene rings is 2. The van der Waals surface area contributed by atoms with Crippen molar-refractivity contribution in [1.82, 2.24) is 28.9 Å². The van der Waals surface area contributed by atoms with Crippen LogP contribution in [0.1, 0.15) is 18.4 Å². The molecule has 1 N–H and O–H groups in total. The molecule has 0 atom stereocenters. The van der Waals surface area contributed by atoms with Gasteiger partial charge in [-0.1, -0.05) is 40.9 Å². The van der Waals surface area contributed by atoms with Crippen molar-refractivity contribution in [2.45, 2.75) is 42.9 Å². The van der Waals surface area contributed by atoms with Crippen molar-refractivity contribution in [3.8, 4) is 11.8 Å². The number of methoxy groups -OCH3 is 3. The van der Waals surface area contributed by atoms with E-state index in [1.54, 1.807) is 22.4 Å². The molecule has 0 fully saturated rings. The van der Waals surface area contributed by atoms with E-state index in [9.17, 15) is 22.4 Å². The third kappa shape index (κ3) is 8.61. The number of ether oxygens (including phenoxy) is 3. The Hall–Kier alpha value is -3.88. The highest BCUT2D eigenvalue weighted by molar-refractivity contribution is 8.00. The molecular formula is C29H28Cl3FN8O7S3. The minimum absolute atomic E-state index is 0.0111. The SMILES string of the molecule is COC(=O)CSc1cc(N=c2sc(=O)n3n2CCCC3)c(F)cc1Cl.COc1cc(OC)n2nc(S(=O)(=O)Nc3c(Cl)ccc(C)c3Cl)nc2n1. The minimum atomic E-state index is -4.18. The van der Waals surface area contributed by atoms with Gasteiger partial charge in [0.25, 0.3) is 21.0 Å². The predicted octanol–water partition coefficient (Wildman–Crippen LogP) is 5.35. The van der Waals surface area contributed by atoms with Gasteiger partial charge in [-0.15, -0.1) is 16.9 Å². The van der Waals surface area contributed by atoms with Gasteiger partial charge in [0.15, 0.2) is 0 Å². The van der Waals surface area contributed by atoms with E-state index in [0.717, 1.165) is 46.5 Å². The van der Waals surface area contributed by atoms with Crippen LogP contribution in [0.2, 0.25) is 15.1 Å². The number of halogens is 4. The number of hydrogen-bond acceptors (Lipinski definition) is 13. The van der Waals surface area contributed by atoms with E-state index in [-0.39, 0.29) is 54.6 Å². The van der Waals surface area contributed by atoms with Crippen LogP contribution in [0.3, 0.4) is 0 Å². The first-order chi connectivity index (χ1) is 24.3. The van der Waals surface area contributed by atoms with Crippen LogP contribution in [0.25, 0.3) is 5.78 Å². The standard InChI is InChI=1S/C15H15ClFN3O3S2.C14H13Cl2N5O4S/c1-23-13(21)8-24-12-7-11(10(17)6-9(12)16)18-14-19-4-2-3-5-20(19)15(22)25-14;1-7-4-5-8(15)12(11(7)16)20-26(22,23)14-18-13-17-9(24-2)6-10(25-3)21(13)19-14/h6-7H,2-5,8H2,1H3;4-6,20H,1-3H3. The summed E-state index contributed by atoms with van der Waals surface area (Å²) in [6.45, 7) is 3.05. The fraction of sp³-hybridized carbons (Fsp3) is 0.310. The van der Waals surface area contributed by atoms with Gasteiger partial charge in [-0.3, -0.25) is 19.0 Å². The maximum Gasteiger partial charge on any atom is 0.325 e. The van der Waals surface area contributed by atoms with Crippen molar-refractivity contribution in [3.05, 3.63) is 71.2 Å². The van der Waals surface area contributed by atoms with Crippen LogP contribution < -0.4 is 23.9 Å². The summed E-state index contributed by atoms with van der Waals surface area (Å²) in [5, 5.41) is 3.94. The highest BCUT2D eigenvalue weighted by Crippen LogP contribution is 2.35. The molecule has 15 nitrogen and oxygen atoms in total. The number of aromatic nitrogens is 6. The van der Waals surface area contributed by atoms with Crippen molar-refractivity contribution in [2.24, 2.45) is 4.99 Å².